The van der Waals surface area contributed by atoms with Crippen LogP contribution in [0.15, 0.2) is 42.5 Å². The number of nitrogens with one attached hydrogen (secondary N) is 1. The van der Waals surface area contributed by atoms with E-state index in [4.69, 9.17) is 15.2 Å². The Morgan fingerprint density at radius 3 is 2.33 bits per heavy atom. The van der Waals surface area contributed by atoms with Gasteiger partial charge in [0.25, 0.3) is 5.91 Å². The zero-order valence-electron chi connectivity index (χ0n) is 13.9. The Kier molecular flexibility index (Phi) is 8.09. The second kappa shape index (κ2) is 9.80. The molecule has 0 aliphatic rings. The lowest BCUT2D eigenvalue weighted by Gasteiger charge is -2.11. The van der Waals surface area contributed by atoms with Crippen molar-refractivity contribution < 1.29 is 14.3 Å². The molecule has 0 saturated carbocycles. The quantitative estimate of drug-likeness (QED) is 0.805. The van der Waals surface area contributed by atoms with Crippen LogP contribution in [0.4, 0.5) is 0 Å². The van der Waals surface area contributed by atoms with Gasteiger partial charge in [0.2, 0.25) is 0 Å². The van der Waals surface area contributed by atoms with Crippen molar-refractivity contribution in [3.63, 3.8) is 0 Å². The summed E-state index contributed by atoms with van der Waals surface area (Å²) in [5.74, 6) is 1.23. The second-order valence-electron chi connectivity index (χ2n) is 5.00. The lowest BCUT2D eigenvalue weighted by atomic mass is 10.1. The SMILES string of the molecule is CCOc1ccc(CNC(=O)c2ccc(CN)cc2)cc1OC.Cl. The maximum Gasteiger partial charge on any atom is 0.251 e. The number of rotatable bonds is 7. The van der Waals surface area contributed by atoms with E-state index in [0.717, 1.165) is 11.1 Å². The first-order chi connectivity index (χ1) is 11.2. The van der Waals surface area contributed by atoms with Crippen molar-refractivity contribution >= 4 is 18.3 Å². The summed E-state index contributed by atoms with van der Waals surface area (Å²) in [6.07, 6.45) is 0. The monoisotopic (exact) mass is 350 g/mol. The van der Waals surface area contributed by atoms with Crippen LogP contribution in [0.1, 0.15) is 28.4 Å². The fourth-order valence-corrected chi connectivity index (χ4v) is 2.17. The summed E-state index contributed by atoms with van der Waals surface area (Å²) in [7, 11) is 1.60. The van der Waals surface area contributed by atoms with E-state index in [0.29, 0.717) is 36.8 Å². The van der Waals surface area contributed by atoms with Crippen LogP contribution in [0.3, 0.4) is 0 Å². The third-order valence-corrected chi connectivity index (χ3v) is 3.43. The zero-order chi connectivity index (χ0) is 16.7. The topological polar surface area (TPSA) is 73.6 Å². The van der Waals surface area contributed by atoms with Crippen molar-refractivity contribution in [3.05, 3.63) is 59.2 Å². The van der Waals surface area contributed by atoms with Gasteiger partial charge in [-0.3, -0.25) is 4.79 Å². The van der Waals surface area contributed by atoms with Gasteiger partial charge < -0.3 is 20.5 Å². The average molecular weight is 351 g/mol. The third-order valence-electron chi connectivity index (χ3n) is 3.43. The van der Waals surface area contributed by atoms with Gasteiger partial charge in [0.15, 0.2) is 11.5 Å². The minimum absolute atomic E-state index is 0. The minimum Gasteiger partial charge on any atom is -0.493 e. The molecule has 0 heterocycles. The first kappa shape index (κ1) is 19.8. The van der Waals surface area contributed by atoms with E-state index in [1.54, 1.807) is 19.2 Å². The Bertz CT molecular complexity index is 660. The van der Waals surface area contributed by atoms with Gasteiger partial charge in [-0.05, 0) is 42.3 Å². The highest BCUT2D eigenvalue weighted by Gasteiger charge is 2.08. The molecular formula is C18H23ClN2O3. The van der Waals surface area contributed by atoms with Crippen LogP contribution in [0, 0.1) is 0 Å². The lowest BCUT2D eigenvalue weighted by Crippen LogP contribution is -2.22. The number of carbonyl (C=O) groups excluding carboxylic acids is 1. The highest BCUT2D eigenvalue weighted by molar-refractivity contribution is 5.94. The molecule has 2 aromatic carbocycles. The van der Waals surface area contributed by atoms with Gasteiger partial charge in [0.1, 0.15) is 0 Å². The second-order valence-corrected chi connectivity index (χ2v) is 5.00. The van der Waals surface area contributed by atoms with Crippen LogP contribution in [-0.4, -0.2) is 19.6 Å². The molecule has 0 atom stereocenters. The van der Waals surface area contributed by atoms with E-state index >= 15 is 0 Å². The minimum atomic E-state index is -0.124. The van der Waals surface area contributed by atoms with Crippen LogP contribution >= 0.6 is 12.4 Å². The molecule has 0 aromatic heterocycles. The molecule has 0 aliphatic carbocycles. The number of hydrogen-bond donors (Lipinski definition) is 2. The molecule has 1 amide bonds. The maximum atomic E-state index is 12.1. The normalized spacial score (nSPS) is 9.79. The zero-order valence-corrected chi connectivity index (χ0v) is 14.7. The smallest absolute Gasteiger partial charge is 0.251 e. The molecule has 0 fully saturated rings. The third kappa shape index (κ3) is 5.15. The summed E-state index contributed by atoms with van der Waals surface area (Å²) in [6.45, 7) is 3.38. The van der Waals surface area contributed by atoms with Crippen LogP contribution in [-0.2, 0) is 13.1 Å². The van der Waals surface area contributed by atoms with E-state index in [1.165, 1.54) is 0 Å². The van der Waals surface area contributed by atoms with Crippen molar-refractivity contribution in [1.82, 2.24) is 5.32 Å². The number of amides is 1. The maximum absolute atomic E-state index is 12.1. The number of ether oxygens (including phenoxy) is 2. The number of carbonyl (C=O) groups is 1. The molecule has 2 rings (SSSR count). The summed E-state index contributed by atoms with van der Waals surface area (Å²) in [4.78, 5) is 12.1. The average Bonchev–Trinajstić information content (AvgIpc) is 2.60. The van der Waals surface area contributed by atoms with Gasteiger partial charge in [-0.15, -0.1) is 12.4 Å². The fraction of sp³-hybridized carbons (Fsp3) is 0.278. The predicted molar refractivity (Wildman–Crippen MR) is 96.9 cm³/mol. The van der Waals surface area contributed by atoms with E-state index in [9.17, 15) is 4.79 Å². The van der Waals surface area contributed by atoms with Crippen molar-refractivity contribution in [2.24, 2.45) is 5.73 Å². The highest BCUT2D eigenvalue weighted by atomic mass is 35.5. The Hall–Kier alpha value is -2.24. The number of hydrogen-bond acceptors (Lipinski definition) is 4. The standard InChI is InChI=1S/C18H22N2O3.ClH/c1-3-23-16-9-6-14(10-17(16)22-2)12-20-18(21)15-7-4-13(11-19)5-8-15;/h4-10H,3,11-12,19H2,1-2H3,(H,20,21);1H. The van der Waals surface area contributed by atoms with Crippen molar-refractivity contribution in [3.8, 4) is 11.5 Å². The van der Waals surface area contributed by atoms with E-state index in [-0.39, 0.29) is 18.3 Å². The summed E-state index contributed by atoms with van der Waals surface area (Å²) in [5.41, 5.74) is 8.10. The highest BCUT2D eigenvalue weighted by Crippen LogP contribution is 2.27. The largest absolute Gasteiger partial charge is 0.493 e. The number of methoxy groups -OCH3 is 1. The summed E-state index contributed by atoms with van der Waals surface area (Å²) >= 11 is 0. The van der Waals surface area contributed by atoms with E-state index in [2.05, 4.69) is 5.32 Å². The van der Waals surface area contributed by atoms with E-state index < -0.39 is 0 Å². The molecule has 0 bridgehead atoms. The molecule has 0 spiro atoms. The fourth-order valence-electron chi connectivity index (χ4n) is 2.17. The molecule has 2 aromatic rings. The predicted octanol–water partition coefficient (Wildman–Crippen LogP) is 2.90. The van der Waals surface area contributed by atoms with Crippen molar-refractivity contribution in [1.29, 1.82) is 0 Å². The number of nitrogens with two attached hydrogens (primary N) is 1. The Morgan fingerprint density at radius 2 is 1.75 bits per heavy atom. The Labute approximate surface area is 148 Å². The molecular weight excluding hydrogens is 328 g/mol. The molecule has 5 nitrogen and oxygen atoms in total. The summed E-state index contributed by atoms with van der Waals surface area (Å²) in [6, 6.07) is 12.9. The van der Waals surface area contributed by atoms with Crippen molar-refractivity contribution in [2.45, 2.75) is 20.0 Å². The van der Waals surface area contributed by atoms with Crippen LogP contribution in [0.2, 0.25) is 0 Å². The molecule has 0 saturated heterocycles. The molecule has 0 radical (unpaired) electrons. The number of halogens is 1. The van der Waals surface area contributed by atoms with Gasteiger partial charge in [-0.2, -0.15) is 0 Å². The molecule has 0 unspecified atom stereocenters. The van der Waals surface area contributed by atoms with Crippen molar-refractivity contribution in [2.75, 3.05) is 13.7 Å². The first-order valence-corrected chi connectivity index (χ1v) is 7.54. The van der Waals surface area contributed by atoms with Crippen LogP contribution < -0.4 is 20.5 Å². The summed E-state index contributed by atoms with van der Waals surface area (Å²) in [5, 5.41) is 2.89. The van der Waals surface area contributed by atoms with Gasteiger partial charge in [0, 0.05) is 18.7 Å². The van der Waals surface area contributed by atoms with Gasteiger partial charge in [-0.25, -0.2) is 0 Å². The van der Waals surface area contributed by atoms with Crippen LogP contribution in [0.25, 0.3) is 0 Å². The first-order valence-electron chi connectivity index (χ1n) is 7.54. The van der Waals surface area contributed by atoms with E-state index in [1.807, 2.05) is 37.3 Å². The van der Waals surface area contributed by atoms with Gasteiger partial charge in [0.05, 0.1) is 13.7 Å². The Morgan fingerprint density at radius 1 is 1.08 bits per heavy atom. The summed E-state index contributed by atoms with van der Waals surface area (Å²) < 4.78 is 10.8. The molecule has 0 aliphatic heterocycles. The van der Waals surface area contributed by atoms with Gasteiger partial charge in [-0.1, -0.05) is 18.2 Å². The molecule has 3 N–H and O–H groups in total. The molecule has 6 heteroatoms. The Balaban J connectivity index is 0.00000288. The molecule has 130 valence electrons. The lowest BCUT2D eigenvalue weighted by molar-refractivity contribution is 0.0951. The van der Waals surface area contributed by atoms with Crippen LogP contribution in [0.5, 0.6) is 11.5 Å². The number of benzene rings is 2. The molecule has 24 heavy (non-hydrogen) atoms. The van der Waals surface area contributed by atoms with Gasteiger partial charge >= 0.3 is 0 Å².